The lowest BCUT2D eigenvalue weighted by Crippen LogP contribution is -2.51. The second-order valence-electron chi connectivity index (χ2n) is 10.1. The number of phenolic OH excluding ortho intramolecular Hbond substituents is 1. The van der Waals surface area contributed by atoms with E-state index in [4.69, 9.17) is 14.2 Å². The van der Waals surface area contributed by atoms with Crippen LogP contribution in [-0.2, 0) is 20.6 Å². The van der Waals surface area contributed by atoms with Crippen molar-refractivity contribution in [2.75, 3.05) is 0 Å². The van der Waals surface area contributed by atoms with Crippen LogP contribution in [0.25, 0.3) is 0 Å². The zero-order chi connectivity index (χ0) is 24.3. The lowest BCUT2D eigenvalue weighted by molar-refractivity contribution is -0.132. The van der Waals surface area contributed by atoms with Crippen LogP contribution in [-0.4, -0.2) is 17.0 Å². The van der Waals surface area contributed by atoms with Crippen LogP contribution in [0.3, 0.4) is 0 Å². The largest absolute Gasteiger partial charge is 0.507 e. The summed E-state index contributed by atoms with van der Waals surface area (Å²) in [5.74, 6) is 1.21. The Labute approximate surface area is 200 Å². The minimum absolute atomic E-state index is 0.0432. The first-order valence-electron chi connectivity index (χ1n) is 12.2. The molecule has 0 saturated heterocycles. The van der Waals surface area contributed by atoms with Gasteiger partial charge in [0.15, 0.2) is 0 Å². The third kappa shape index (κ3) is 3.22. The first kappa shape index (κ1) is 22.8. The van der Waals surface area contributed by atoms with Crippen molar-refractivity contribution in [1.82, 2.24) is 0 Å². The van der Waals surface area contributed by atoms with Gasteiger partial charge in [-0.25, -0.2) is 0 Å². The summed E-state index contributed by atoms with van der Waals surface area (Å²) in [6.45, 7) is 6.46. The molecule has 1 heterocycles. The number of carbonyl (C=O) groups excluding carboxylic acids is 2. The highest BCUT2D eigenvalue weighted by Crippen LogP contribution is 2.66. The van der Waals surface area contributed by atoms with E-state index in [-0.39, 0.29) is 23.1 Å². The highest BCUT2D eigenvalue weighted by molar-refractivity contribution is 5.71. The molecular weight excluding hydrogens is 432 g/mol. The van der Waals surface area contributed by atoms with E-state index in [2.05, 4.69) is 6.07 Å². The Bertz CT molecular complexity index is 1180. The Morgan fingerprint density at radius 3 is 2.09 bits per heavy atom. The molecule has 180 valence electrons. The molecule has 2 atom stereocenters. The predicted octanol–water partition coefficient (Wildman–Crippen LogP) is 5.76. The van der Waals surface area contributed by atoms with Gasteiger partial charge in [0.2, 0.25) is 0 Å². The molecular formula is C28H32O6. The number of fused-ring (bicyclic) bond motifs is 4. The summed E-state index contributed by atoms with van der Waals surface area (Å²) in [5, 5.41) is 11.4. The Hall–Kier alpha value is -3.02. The van der Waals surface area contributed by atoms with Crippen molar-refractivity contribution < 1.29 is 28.9 Å². The molecule has 2 aromatic rings. The van der Waals surface area contributed by atoms with Crippen LogP contribution in [0.2, 0.25) is 0 Å². The van der Waals surface area contributed by atoms with Crippen LogP contribution in [0.1, 0.15) is 81.0 Å². The van der Waals surface area contributed by atoms with Crippen molar-refractivity contribution in [2.45, 2.75) is 83.7 Å². The molecule has 0 bridgehead atoms. The van der Waals surface area contributed by atoms with Gasteiger partial charge in [-0.2, -0.15) is 0 Å². The molecule has 0 radical (unpaired) electrons. The van der Waals surface area contributed by atoms with E-state index >= 15 is 0 Å². The second kappa shape index (κ2) is 8.03. The SMILES string of the molecule is CC(=O)Oc1ccc([C@@]23CCC[C@@H]2C2(CCCC2)c2ccc(OC(C)=O)c(C)c2O3)c(O)c1C. The molecule has 1 aliphatic heterocycles. The van der Waals surface area contributed by atoms with Gasteiger partial charge in [0.1, 0.15) is 28.6 Å². The van der Waals surface area contributed by atoms with Gasteiger partial charge in [-0.1, -0.05) is 18.9 Å². The third-order valence-corrected chi connectivity index (χ3v) is 8.29. The lowest BCUT2D eigenvalue weighted by Gasteiger charge is -2.52. The van der Waals surface area contributed by atoms with Crippen LogP contribution < -0.4 is 14.2 Å². The van der Waals surface area contributed by atoms with Crippen LogP contribution in [0.5, 0.6) is 23.0 Å². The zero-order valence-electron chi connectivity index (χ0n) is 20.3. The van der Waals surface area contributed by atoms with E-state index < -0.39 is 11.6 Å². The van der Waals surface area contributed by atoms with Crippen molar-refractivity contribution >= 4 is 11.9 Å². The van der Waals surface area contributed by atoms with E-state index in [9.17, 15) is 14.7 Å². The van der Waals surface area contributed by atoms with E-state index in [0.717, 1.165) is 61.8 Å². The summed E-state index contributed by atoms with van der Waals surface area (Å²) in [7, 11) is 0. The summed E-state index contributed by atoms with van der Waals surface area (Å²) >= 11 is 0. The van der Waals surface area contributed by atoms with Crippen LogP contribution in [0.4, 0.5) is 0 Å². The number of benzene rings is 2. The maximum atomic E-state index is 11.7. The number of esters is 2. The van der Waals surface area contributed by atoms with Gasteiger partial charge in [-0.15, -0.1) is 0 Å². The molecule has 1 spiro atoms. The van der Waals surface area contributed by atoms with Crippen LogP contribution in [0.15, 0.2) is 24.3 Å². The Kier molecular flexibility index (Phi) is 5.38. The molecule has 0 amide bonds. The van der Waals surface area contributed by atoms with Crippen molar-refractivity contribution in [3.05, 3.63) is 46.5 Å². The van der Waals surface area contributed by atoms with Gasteiger partial charge in [0.25, 0.3) is 0 Å². The van der Waals surface area contributed by atoms with Gasteiger partial charge in [-0.05, 0) is 64.2 Å². The summed E-state index contributed by atoms with van der Waals surface area (Å²) in [6, 6.07) is 7.61. The smallest absolute Gasteiger partial charge is 0.308 e. The van der Waals surface area contributed by atoms with Crippen molar-refractivity contribution in [1.29, 1.82) is 0 Å². The topological polar surface area (TPSA) is 82.1 Å². The minimum Gasteiger partial charge on any atom is -0.507 e. The monoisotopic (exact) mass is 464 g/mol. The second-order valence-corrected chi connectivity index (χ2v) is 10.1. The average molecular weight is 465 g/mol. The van der Waals surface area contributed by atoms with Gasteiger partial charge < -0.3 is 19.3 Å². The molecule has 0 aromatic heterocycles. The number of aromatic hydroxyl groups is 1. The molecule has 0 unspecified atom stereocenters. The summed E-state index contributed by atoms with van der Waals surface area (Å²) < 4.78 is 17.8. The molecule has 2 aromatic carbocycles. The fraction of sp³-hybridized carbons (Fsp3) is 0.500. The fourth-order valence-electron chi connectivity index (χ4n) is 6.94. The standard InChI is InChI=1S/C28H32O6/c1-16-22(32-18(3)29)11-9-20(25(16)31)28-15-7-8-24(28)27(13-5-6-14-27)21-10-12-23(33-19(4)30)17(2)26(21)34-28/h9-12,24,31H,5-8,13-15H2,1-4H3/t24-,28+/m1/s1. The number of ether oxygens (including phenoxy) is 3. The summed E-state index contributed by atoms with van der Waals surface area (Å²) in [5.41, 5.74) is 2.56. The molecule has 6 heteroatoms. The summed E-state index contributed by atoms with van der Waals surface area (Å²) in [6.07, 6.45) is 7.28. The van der Waals surface area contributed by atoms with Gasteiger partial charge in [0, 0.05) is 47.4 Å². The molecule has 34 heavy (non-hydrogen) atoms. The molecule has 1 N–H and O–H groups in total. The molecule has 2 aliphatic carbocycles. The van der Waals surface area contributed by atoms with Crippen molar-refractivity contribution in [3.63, 3.8) is 0 Å². The predicted molar refractivity (Wildman–Crippen MR) is 126 cm³/mol. The average Bonchev–Trinajstić information content (AvgIpc) is 3.42. The first-order chi connectivity index (χ1) is 16.2. The van der Waals surface area contributed by atoms with Gasteiger partial charge in [-0.3, -0.25) is 9.59 Å². The normalized spacial score (nSPS) is 24.3. The quantitative estimate of drug-likeness (QED) is 0.459. The number of hydrogen-bond donors (Lipinski definition) is 1. The number of phenols is 1. The summed E-state index contributed by atoms with van der Waals surface area (Å²) in [4.78, 5) is 23.2. The highest BCUT2D eigenvalue weighted by Gasteiger charge is 2.62. The highest BCUT2D eigenvalue weighted by atomic mass is 16.5. The Balaban J connectivity index is 1.71. The number of rotatable bonds is 3. The maximum absolute atomic E-state index is 11.7. The lowest BCUT2D eigenvalue weighted by atomic mass is 9.60. The van der Waals surface area contributed by atoms with E-state index in [1.807, 2.05) is 19.1 Å². The fourth-order valence-corrected chi connectivity index (χ4v) is 6.94. The number of hydrogen-bond acceptors (Lipinski definition) is 6. The molecule has 5 rings (SSSR count). The van der Waals surface area contributed by atoms with Gasteiger partial charge in [0.05, 0.1) is 0 Å². The van der Waals surface area contributed by atoms with Crippen LogP contribution >= 0.6 is 0 Å². The van der Waals surface area contributed by atoms with E-state index in [1.54, 1.807) is 13.0 Å². The molecule has 3 aliphatic rings. The van der Waals surface area contributed by atoms with E-state index in [1.165, 1.54) is 19.4 Å². The first-order valence-corrected chi connectivity index (χ1v) is 12.2. The zero-order valence-corrected chi connectivity index (χ0v) is 20.3. The molecule has 2 saturated carbocycles. The maximum Gasteiger partial charge on any atom is 0.308 e. The Morgan fingerprint density at radius 2 is 1.47 bits per heavy atom. The van der Waals surface area contributed by atoms with Gasteiger partial charge >= 0.3 is 11.9 Å². The van der Waals surface area contributed by atoms with Crippen molar-refractivity contribution in [3.8, 4) is 23.0 Å². The number of carbonyl (C=O) groups is 2. The molecule has 2 fully saturated rings. The minimum atomic E-state index is -0.694. The van der Waals surface area contributed by atoms with Crippen LogP contribution in [0, 0.1) is 19.8 Å². The Morgan fingerprint density at radius 1 is 0.882 bits per heavy atom. The van der Waals surface area contributed by atoms with Crippen molar-refractivity contribution in [2.24, 2.45) is 5.92 Å². The third-order valence-electron chi connectivity index (χ3n) is 8.29. The van der Waals surface area contributed by atoms with E-state index in [0.29, 0.717) is 17.1 Å². The molecule has 6 nitrogen and oxygen atoms in total.